The van der Waals surface area contributed by atoms with Gasteiger partial charge in [0, 0.05) is 36.6 Å². The minimum absolute atomic E-state index is 0.00238. The Labute approximate surface area is 273 Å². The van der Waals surface area contributed by atoms with Crippen LogP contribution < -0.4 is 0 Å². The van der Waals surface area contributed by atoms with Crippen LogP contribution in [0.3, 0.4) is 0 Å². The van der Waals surface area contributed by atoms with Gasteiger partial charge in [-0.3, -0.25) is 14.4 Å². The molecule has 9 heteroatoms. The van der Waals surface area contributed by atoms with E-state index in [2.05, 4.69) is 32.6 Å². The van der Waals surface area contributed by atoms with Gasteiger partial charge in [-0.05, 0) is 77.8 Å². The van der Waals surface area contributed by atoms with Crippen LogP contribution in [0.2, 0.25) is 0 Å². The Morgan fingerprint density at radius 3 is 2.07 bits per heavy atom. The first-order chi connectivity index (χ1) is 21.1. The highest BCUT2D eigenvalue weighted by Crippen LogP contribution is 2.39. The lowest BCUT2D eigenvalue weighted by molar-refractivity contribution is -0.270. The predicted molar refractivity (Wildman–Crippen MR) is 175 cm³/mol. The molecule has 0 aliphatic carbocycles. The lowest BCUT2D eigenvalue weighted by Gasteiger charge is -2.46. The largest absolute Gasteiger partial charge is 0.466 e. The molecule has 2 aliphatic heterocycles. The fraction of sp³-hybridized carbons (Fsp3) is 0.917. The van der Waals surface area contributed by atoms with Gasteiger partial charge in [0.2, 0.25) is 0 Å². The van der Waals surface area contributed by atoms with E-state index in [0.29, 0.717) is 19.3 Å². The zero-order valence-corrected chi connectivity index (χ0v) is 30.3. The Morgan fingerprint density at radius 2 is 1.53 bits per heavy atom. The smallest absolute Gasteiger partial charge is 0.311 e. The molecule has 0 aromatic heterocycles. The number of hydrogen-bond donors (Lipinski definition) is 1. The molecular formula is C36H65NO8. The van der Waals surface area contributed by atoms with E-state index in [4.69, 9.17) is 18.9 Å². The first kappa shape index (κ1) is 39.6. The van der Waals surface area contributed by atoms with Gasteiger partial charge in [-0.15, -0.1) is 0 Å². The maximum atomic E-state index is 14.0. The molecule has 0 aromatic rings. The van der Waals surface area contributed by atoms with Crippen LogP contribution in [0.25, 0.3) is 0 Å². The molecule has 2 fully saturated rings. The fourth-order valence-corrected chi connectivity index (χ4v) is 8.15. The van der Waals surface area contributed by atoms with E-state index in [0.717, 1.165) is 19.3 Å². The maximum Gasteiger partial charge on any atom is 0.311 e. The number of rotatable bonds is 9. The molecule has 45 heavy (non-hydrogen) atoms. The van der Waals surface area contributed by atoms with E-state index in [1.807, 2.05) is 48.7 Å². The monoisotopic (exact) mass is 639 g/mol. The van der Waals surface area contributed by atoms with Gasteiger partial charge in [-0.1, -0.05) is 54.9 Å². The molecule has 0 radical (unpaired) electrons. The van der Waals surface area contributed by atoms with Crippen molar-refractivity contribution in [3.05, 3.63) is 0 Å². The van der Waals surface area contributed by atoms with Crippen molar-refractivity contribution in [2.24, 2.45) is 47.3 Å². The van der Waals surface area contributed by atoms with Crippen LogP contribution >= 0.6 is 0 Å². The molecule has 0 saturated carbocycles. The Hall–Kier alpha value is -1.55. The van der Waals surface area contributed by atoms with Crippen molar-refractivity contribution in [3.8, 4) is 0 Å². The van der Waals surface area contributed by atoms with E-state index < -0.39 is 36.3 Å². The molecule has 0 bridgehead atoms. The molecule has 9 nitrogen and oxygen atoms in total. The Balaban J connectivity index is 2.55. The van der Waals surface area contributed by atoms with E-state index in [9.17, 15) is 19.5 Å². The number of esters is 2. The van der Waals surface area contributed by atoms with Crippen LogP contribution in [0, 0.1) is 47.3 Å². The van der Waals surface area contributed by atoms with Gasteiger partial charge in [0.15, 0.2) is 6.29 Å². The van der Waals surface area contributed by atoms with Crippen molar-refractivity contribution < 1.29 is 38.4 Å². The summed E-state index contributed by atoms with van der Waals surface area (Å²) in [7, 11) is 4.07. The van der Waals surface area contributed by atoms with Gasteiger partial charge >= 0.3 is 11.9 Å². The molecule has 1 N–H and O–H groups in total. The van der Waals surface area contributed by atoms with Gasteiger partial charge in [-0.25, -0.2) is 0 Å². The average molecular weight is 640 g/mol. The van der Waals surface area contributed by atoms with Gasteiger partial charge in [0.05, 0.1) is 30.8 Å². The van der Waals surface area contributed by atoms with Crippen LogP contribution in [0.5, 0.6) is 0 Å². The Morgan fingerprint density at radius 1 is 0.911 bits per heavy atom. The topological polar surface area (TPSA) is 112 Å². The summed E-state index contributed by atoms with van der Waals surface area (Å²) in [6.07, 6.45) is 1.34. The molecular weight excluding hydrogens is 574 g/mol. The van der Waals surface area contributed by atoms with E-state index >= 15 is 0 Å². The lowest BCUT2D eigenvalue weighted by Crippen LogP contribution is -2.54. The van der Waals surface area contributed by atoms with Gasteiger partial charge < -0.3 is 29.0 Å². The molecule has 14 atom stereocenters. The zero-order chi connectivity index (χ0) is 34.2. The molecule has 0 spiro atoms. The molecule has 0 aromatic carbocycles. The number of aliphatic hydroxyl groups is 1. The number of hydrogen-bond acceptors (Lipinski definition) is 9. The van der Waals surface area contributed by atoms with Crippen LogP contribution in [-0.4, -0.2) is 85.2 Å². The number of ketones is 1. The molecule has 2 rings (SSSR count). The fourth-order valence-electron chi connectivity index (χ4n) is 8.15. The van der Waals surface area contributed by atoms with Crippen molar-refractivity contribution in [2.75, 3.05) is 20.7 Å². The number of nitrogens with zero attached hydrogens (tertiary/aromatic N) is 1. The maximum absolute atomic E-state index is 14.0. The van der Waals surface area contributed by atoms with Crippen molar-refractivity contribution in [3.63, 3.8) is 0 Å². The number of ether oxygens (including phenoxy) is 4. The van der Waals surface area contributed by atoms with E-state index in [1.54, 1.807) is 0 Å². The second-order valence-electron chi connectivity index (χ2n) is 14.4. The minimum Gasteiger partial charge on any atom is -0.466 e. The summed E-state index contributed by atoms with van der Waals surface area (Å²) in [6.45, 7) is 19.8. The zero-order valence-electron chi connectivity index (χ0n) is 30.3. The summed E-state index contributed by atoms with van der Waals surface area (Å²) >= 11 is 0. The SMILES string of the molecule is CC[C@H]1[C@@H](C)[C@@H](C)OC(=O)[C@H](CC)[C@@H](O)[C@H](C)[C@@H](O[C@@H]2O[C@H](C)C[C@H](N(C)C)C2CCOC(C)=O)[C@@H](C)C[C@@H](C)C(=O)[C@@H]1CC. The average Bonchev–Trinajstić information content (AvgIpc) is 2.97. The van der Waals surface area contributed by atoms with Crippen molar-refractivity contribution in [1.29, 1.82) is 0 Å². The molecule has 2 saturated heterocycles. The van der Waals surface area contributed by atoms with Crippen LogP contribution in [-0.2, 0) is 33.3 Å². The number of aliphatic hydroxyl groups excluding tert-OH is 1. The third-order valence-electron chi connectivity index (χ3n) is 11.0. The van der Waals surface area contributed by atoms with Gasteiger partial charge in [-0.2, -0.15) is 0 Å². The number of cyclic esters (lactones) is 1. The number of carbonyl (C=O) groups is 3. The van der Waals surface area contributed by atoms with Crippen LogP contribution in [0.4, 0.5) is 0 Å². The highest BCUT2D eigenvalue weighted by atomic mass is 16.7. The minimum atomic E-state index is -1.01. The molecule has 262 valence electrons. The van der Waals surface area contributed by atoms with Crippen molar-refractivity contribution >= 4 is 17.7 Å². The number of Topliss-reactive ketones (excluding diaryl/α,β-unsaturated/α-hetero) is 1. The summed E-state index contributed by atoms with van der Waals surface area (Å²) < 4.78 is 24.8. The first-order valence-electron chi connectivity index (χ1n) is 17.6. The normalized spacial score (nSPS) is 40.9. The molecule has 1 unspecified atom stereocenters. The summed E-state index contributed by atoms with van der Waals surface area (Å²) in [5.41, 5.74) is 0. The van der Waals surface area contributed by atoms with E-state index in [-0.39, 0.29) is 72.1 Å². The summed E-state index contributed by atoms with van der Waals surface area (Å²) in [6, 6.07) is 0.127. The second kappa shape index (κ2) is 18.1. The van der Waals surface area contributed by atoms with E-state index in [1.165, 1.54) is 6.92 Å². The third-order valence-corrected chi connectivity index (χ3v) is 11.0. The van der Waals surface area contributed by atoms with Gasteiger partial charge in [0.25, 0.3) is 0 Å². The quantitative estimate of drug-likeness (QED) is 0.309. The summed E-state index contributed by atoms with van der Waals surface area (Å²) in [5, 5.41) is 11.8. The Kier molecular flexibility index (Phi) is 16.0. The summed E-state index contributed by atoms with van der Waals surface area (Å²) in [4.78, 5) is 41.4. The summed E-state index contributed by atoms with van der Waals surface area (Å²) in [5.74, 6) is -2.11. The van der Waals surface area contributed by atoms with Crippen molar-refractivity contribution in [2.45, 2.75) is 145 Å². The lowest BCUT2D eigenvalue weighted by atomic mass is 9.71. The first-order valence-corrected chi connectivity index (χ1v) is 17.6. The van der Waals surface area contributed by atoms with Crippen molar-refractivity contribution in [1.82, 2.24) is 4.90 Å². The Bertz CT molecular complexity index is 942. The third kappa shape index (κ3) is 10.2. The van der Waals surface area contributed by atoms with Crippen LogP contribution in [0.15, 0.2) is 0 Å². The van der Waals surface area contributed by atoms with Crippen LogP contribution in [0.1, 0.15) is 108 Å². The molecule has 2 heterocycles. The highest BCUT2D eigenvalue weighted by molar-refractivity contribution is 5.83. The highest BCUT2D eigenvalue weighted by Gasteiger charge is 2.45. The standard InChI is InChI=1S/C36H65NO8/c1-13-27-23(7)25(9)44-35(41)29(15-3)33(40)24(8)34(21(5)18-20(4)32(39)28(27)14-2)45-36-30(16-17-42-26(10)38)31(37(11)12)19-22(6)43-36/h20-25,27-31,33-34,36,40H,13-19H2,1-12H3/t20-,21+,22-,23+,24+,25-,27+,28-,29-,30?,31+,33+,34+,36+/m1/s1. The number of carbonyl (C=O) groups excluding carboxylic acids is 3. The van der Waals surface area contributed by atoms with Gasteiger partial charge in [0.1, 0.15) is 11.9 Å². The molecule has 2 aliphatic rings. The predicted octanol–water partition coefficient (Wildman–Crippen LogP) is 5.89. The second-order valence-corrected chi connectivity index (χ2v) is 14.4. The molecule has 0 amide bonds.